The first-order valence-electron chi connectivity index (χ1n) is 7.15. The van der Waals surface area contributed by atoms with Crippen molar-refractivity contribution in [3.63, 3.8) is 0 Å². The summed E-state index contributed by atoms with van der Waals surface area (Å²) in [6.45, 7) is 6.74. The van der Waals surface area contributed by atoms with Gasteiger partial charge in [-0.1, -0.05) is 6.92 Å². The maximum absolute atomic E-state index is 11.6. The van der Waals surface area contributed by atoms with Crippen molar-refractivity contribution in [3.8, 4) is 0 Å². The molecule has 1 rings (SSSR count). The Labute approximate surface area is 125 Å². The summed E-state index contributed by atoms with van der Waals surface area (Å²) in [4.78, 5) is 23.0. The van der Waals surface area contributed by atoms with E-state index >= 15 is 0 Å². The van der Waals surface area contributed by atoms with Crippen LogP contribution < -0.4 is 10.6 Å². The predicted octanol–water partition coefficient (Wildman–Crippen LogP) is 1.77. The zero-order valence-corrected chi connectivity index (χ0v) is 13.1. The van der Waals surface area contributed by atoms with E-state index in [9.17, 15) is 9.59 Å². The summed E-state index contributed by atoms with van der Waals surface area (Å²) < 4.78 is 10.1. The number of methoxy groups -OCH3 is 1. The van der Waals surface area contributed by atoms with Crippen molar-refractivity contribution in [2.75, 3.05) is 13.7 Å². The van der Waals surface area contributed by atoms with Gasteiger partial charge in [0.15, 0.2) is 0 Å². The van der Waals surface area contributed by atoms with Crippen molar-refractivity contribution in [3.05, 3.63) is 23.2 Å². The molecule has 0 aliphatic carbocycles. The summed E-state index contributed by atoms with van der Waals surface area (Å²) in [5.74, 6) is 0.807. The van der Waals surface area contributed by atoms with Crippen LogP contribution in [0.4, 0.5) is 0 Å². The van der Waals surface area contributed by atoms with Crippen LogP contribution in [0.25, 0.3) is 0 Å². The summed E-state index contributed by atoms with van der Waals surface area (Å²) in [6, 6.07) is 1.86. The third-order valence-electron chi connectivity index (χ3n) is 3.22. The zero-order valence-electron chi connectivity index (χ0n) is 13.1. The van der Waals surface area contributed by atoms with E-state index in [4.69, 9.17) is 4.42 Å². The van der Waals surface area contributed by atoms with Crippen LogP contribution in [-0.2, 0) is 16.1 Å². The number of hydrogen-bond donors (Lipinski definition) is 2. The lowest BCUT2D eigenvalue weighted by molar-refractivity contribution is -0.121. The Morgan fingerprint density at radius 2 is 2.14 bits per heavy atom. The Balaban J connectivity index is 2.33. The molecule has 0 bridgehead atoms. The number of hydrogen-bond acceptors (Lipinski definition) is 5. The average Bonchev–Trinajstić information content (AvgIpc) is 2.83. The molecule has 118 valence electrons. The van der Waals surface area contributed by atoms with Crippen LogP contribution in [0.15, 0.2) is 10.5 Å². The molecular weight excluding hydrogens is 272 g/mol. The van der Waals surface area contributed by atoms with Crippen LogP contribution in [-0.4, -0.2) is 31.6 Å². The van der Waals surface area contributed by atoms with E-state index in [2.05, 4.69) is 15.4 Å². The van der Waals surface area contributed by atoms with Gasteiger partial charge in [-0.05, 0) is 26.3 Å². The summed E-state index contributed by atoms with van der Waals surface area (Å²) >= 11 is 0. The summed E-state index contributed by atoms with van der Waals surface area (Å²) in [7, 11) is 1.34. The van der Waals surface area contributed by atoms with Gasteiger partial charge in [0.05, 0.1) is 13.7 Å². The third kappa shape index (κ3) is 5.59. The summed E-state index contributed by atoms with van der Waals surface area (Å²) in [5, 5.41) is 6.02. The first-order chi connectivity index (χ1) is 9.97. The molecule has 0 spiro atoms. The quantitative estimate of drug-likeness (QED) is 0.564. The van der Waals surface area contributed by atoms with Gasteiger partial charge in [0.25, 0.3) is 0 Å². The molecule has 6 nitrogen and oxygen atoms in total. The fourth-order valence-electron chi connectivity index (χ4n) is 1.81. The fourth-order valence-corrected chi connectivity index (χ4v) is 1.81. The maximum Gasteiger partial charge on any atom is 0.341 e. The zero-order chi connectivity index (χ0) is 15.8. The molecule has 0 aromatic carbocycles. The third-order valence-corrected chi connectivity index (χ3v) is 3.22. The van der Waals surface area contributed by atoms with Gasteiger partial charge in [0.2, 0.25) is 5.91 Å². The van der Waals surface area contributed by atoms with Gasteiger partial charge in [0, 0.05) is 19.0 Å². The van der Waals surface area contributed by atoms with Crippen molar-refractivity contribution in [1.82, 2.24) is 10.6 Å². The number of aryl methyl sites for hydroxylation is 1. The molecule has 0 aliphatic rings. The molecule has 1 aromatic rings. The van der Waals surface area contributed by atoms with Gasteiger partial charge < -0.3 is 19.8 Å². The van der Waals surface area contributed by atoms with E-state index < -0.39 is 5.97 Å². The lowest BCUT2D eigenvalue weighted by Crippen LogP contribution is -2.33. The van der Waals surface area contributed by atoms with Crippen molar-refractivity contribution in [2.45, 2.75) is 46.2 Å². The predicted molar refractivity (Wildman–Crippen MR) is 79.0 cm³/mol. The average molecular weight is 296 g/mol. The molecule has 21 heavy (non-hydrogen) atoms. The highest BCUT2D eigenvalue weighted by Gasteiger charge is 2.15. The van der Waals surface area contributed by atoms with E-state index in [1.165, 1.54) is 7.11 Å². The molecule has 1 unspecified atom stereocenters. The number of ether oxygens (including phenoxy) is 1. The van der Waals surface area contributed by atoms with E-state index in [0.29, 0.717) is 36.6 Å². The number of amides is 1. The monoisotopic (exact) mass is 296 g/mol. The van der Waals surface area contributed by atoms with Crippen LogP contribution in [0.5, 0.6) is 0 Å². The minimum atomic E-state index is -0.407. The van der Waals surface area contributed by atoms with Gasteiger partial charge in [0.1, 0.15) is 17.1 Å². The topological polar surface area (TPSA) is 80.6 Å². The largest absolute Gasteiger partial charge is 0.465 e. The number of esters is 1. The van der Waals surface area contributed by atoms with Crippen molar-refractivity contribution in [1.29, 1.82) is 0 Å². The first-order valence-corrected chi connectivity index (χ1v) is 7.15. The molecule has 6 heteroatoms. The van der Waals surface area contributed by atoms with Crippen LogP contribution in [0, 0.1) is 6.92 Å². The van der Waals surface area contributed by atoms with E-state index in [0.717, 1.165) is 6.42 Å². The summed E-state index contributed by atoms with van der Waals surface area (Å²) in [5.41, 5.74) is 0.434. The first kappa shape index (κ1) is 17.2. The number of rotatable bonds is 8. The van der Waals surface area contributed by atoms with E-state index in [-0.39, 0.29) is 11.9 Å². The molecule has 0 saturated carbocycles. The SMILES string of the molecule is CCC(C)NC(=O)CCNCc1cc(C(=O)OC)c(C)o1. The Kier molecular flexibility index (Phi) is 6.94. The highest BCUT2D eigenvalue weighted by atomic mass is 16.5. The highest BCUT2D eigenvalue weighted by molar-refractivity contribution is 5.90. The Bertz CT molecular complexity index is 482. The lowest BCUT2D eigenvalue weighted by Gasteiger charge is -2.11. The maximum atomic E-state index is 11.6. The Hall–Kier alpha value is -1.82. The lowest BCUT2D eigenvalue weighted by atomic mass is 10.2. The molecule has 1 atom stereocenters. The molecular formula is C15H24N2O4. The van der Waals surface area contributed by atoms with Crippen molar-refractivity contribution < 1.29 is 18.7 Å². The van der Waals surface area contributed by atoms with E-state index in [1.54, 1.807) is 13.0 Å². The minimum Gasteiger partial charge on any atom is -0.465 e. The Morgan fingerprint density at radius 3 is 2.76 bits per heavy atom. The molecule has 0 saturated heterocycles. The number of carbonyl (C=O) groups is 2. The molecule has 0 fully saturated rings. The van der Waals surface area contributed by atoms with Crippen molar-refractivity contribution in [2.24, 2.45) is 0 Å². The van der Waals surface area contributed by atoms with Crippen LogP contribution in [0.3, 0.4) is 0 Å². The summed E-state index contributed by atoms with van der Waals surface area (Å²) in [6.07, 6.45) is 1.33. The second-order valence-electron chi connectivity index (χ2n) is 4.98. The molecule has 1 amide bonds. The molecule has 1 heterocycles. The molecule has 0 radical (unpaired) electrons. The second kappa shape index (κ2) is 8.46. The van der Waals surface area contributed by atoms with E-state index in [1.807, 2.05) is 13.8 Å². The smallest absolute Gasteiger partial charge is 0.341 e. The number of carbonyl (C=O) groups excluding carboxylic acids is 2. The fraction of sp³-hybridized carbons (Fsp3) is 0.600. The molecule has 1 aromatic heterocycles. The van der Waals surface area contributed by atoms with Gasteiger partial charge >= 0.3 is 5.97 Å². The standard InChI is InChI=1S/C15H24N2O4/c1-5-10(2)17-14(18)6-7-16-9-12-8-13(11(3)21-12)15(19)20-4/h8,10,16H,5-7,9H2,1-4H3,(H,17,18). The molecule has 0 aliphatic heterocycles. The molecule has 2 N–H and O–H groups in total. The second-order valence-corrected chi connectivity index (χ2v) is 4.98. The normalized spacial score (nSPS) is 12.0. The van der Waals surface area contributed by atoms with Gasteiger partial charge in [-0.25, -0.2) is 4.79 Å². The van der Waals surface area contributed by atoms with Crippen LogP contribution in [0.2, 0.25) is 0 Å². The van der Waals surface area contributed by atoms with Crippen LogP contribution >= 0.6 is 0 Å². The minimum absolute atomic E-state index is 0.0303. The number of furan rings is 1. The van der Waals surface area contributed by atoms with Crippen LogP contribution in [0.1, 0.15) is 48.6 Å². The highest BCUT2D eigenvalue weighted by Crippen LogP contribution is 2.15. The van der Waals surface area contributed by atoms with Crippen molar-refractivity contribution >= 4 is 11.9 Å². The van der Waals surface area contributed by atoms with Gasteiger partial charge in [-0.15, -0.1) is 0 Å². The van der Waals surface area contributed by atoms with Gasteiger partial charge in [-0.2, -0.15) is 0 Å². The number of nitrogens with one attached hydrogen (secondary N) is 2. The van der Waals surface area contributed by atoms with Gasteiger partial charge in [-0.3, -0.25) is 4.79 Å². The Morgan fingerprint density at radius 1 is 1.43 bits per heavy atom.